The van der Waals surface area contributed by atoms with Crippen LogP contribution in [0.15, 0.2) is 35.4 Å². The number of nitrogens with zero attached hydrogens (tertiary/aromatic N) is 1. The summed E-state index contributed by atoms with van der Waals surface area (Å²) in [4.78, 5) is 30.2. The Morgan fingerprint density at radius 2 is 2.18 bits per heavy atom. The number of nitrogens with two attached hydrogens (primary N) is 1. The van der Waals surface area contributed by atoms with Gasteiger partial charge in [0, 0.05) is 18.1 Å². The third kappa shape index (κ3) is 1.94. The second-order valence-corrected chi connectivity index (χ2v) is 3.61. The fourth-order valence-electron chi connectivity index (χ4n) is 1.63. The Hall–Kier alpha value is -2.43. The van der Waals surface area contributed by atoms with Gasteiger partial charge in [-0.15, -0.1) is 0 Å². The van der Waals surface area contributed by atoms with Crippen molar-refractivity contribution in [2.45, 2.75) is 6.92 Å². The SMILES string of the molecule is Cc1[nH]cc(-c2ccccn2)c(=O)c1C(N)=O. The van der Waals surface area contributed by atoms with E-state index in [2.05, 4.69) is 9.97 Å². The number of primary amides is 1. The van der Waals surface area contributed by atoms with E-state index < -0.39 is 11.3 Å². The molecule has 3 N–H and O–H groups in total. The molecule has 0 spiro atoms. The number of aromatic amines is 1. The van der Waals surface area contributed by atoms with Gasteiger partial charge < -0.3 is 10.7 Å². The van der Waals surface area contributed by atoms with Crippen molar-refractivity contribution >= 4 is 5.91 Å². The van der Waals surface area contributed by atoms with Crippen LogP contribution >= 0.6 is 0 Å². The van der Waals surface area contributed by atoms with Gasteiger partial charge >= 0.3 is 0 Å². The van der Waals surface area contributed by atoms with Crippen LogP contribution in [0, 0.1) is 6.92 Å². The Bertz CT molecular complexity index is 617. The van der Waals surface area contributed by atoms with Gasteiger partial charge in [0.25, 0.3) is 5.91 Å². The molecule has 2 aromatic rings. The van der Waals surface area contributed by atoms with Crippen molar-refractivity contribution in [3.63, 3.8) is 0 Å². The van der Waals surface area contributed by atoms with E-state index in [0.717, 1.165) is 0 Å². The molecule has 86 valence electrons. The summed E-state index contributed by atoms with van der Waals surface area (Å²) in [6.45, 7) is 1.63. The van der Waals surface area contributed by atoms with Gasteiger partial charge in [-0.25, -0.2) is 0 Å². The number of nitrogens with one attached hydrogen (secondary N) is 1. The highest BCUT2D eigenvalue weighted by Gasteiger charge is 2.15. The van der Waals surface area contributed by atoms with Gasteiger partial charge in [0.2, 0.25) is 5.43 Å². The second kappa shape index (κ2) is 4.21. The molecule has 0 radical (unpaired) electrons. The molecule has 0 aliphatic carbocycles. The molecule has 0 aliphatic heterocycles. The number of H-pyrrole nitrogens is 1. The van der Waals surface area contributed by atoms with Crippen LogP contribution in [-0.4, -0.2) is 15.9 Å². The van der Waals surface area contributed by atoms with Crippen molar-refractivity contribution in [3.8, 4) is 11.3 Å². The fraction of sp³-hybridized carbons (Fsp3) is 0.0833. The molecule has 0 unspecified atom stereocenters. The average Bonchev–Trinajstić information content (AvgIpc) is 2.30. The quantitative estimate of drug-likeness (QED) is 0.799. The lowest BCUT2D eigenvalue weighted by molar-refractivity contribution is 0.0998. The molecule has 1 amide bonds. The number of aromatic nitrogens is 2. The largest absolute Gasteiger partial charge is 0.365 e. The van der Waals surface area contributed by atoms with Crippen LogP contribution < -0.4 is 11.2 Å². The molecule has 0 saturated carbocycles. The molecule has 5 heteroatoms. The first-order valence-electron chi connectivity index (χ1n) is 5.04. The summed E-state index contributed by atoms with van der Waals surface area (Å²) in [5, 5.41) is 0. The molecule has 17 heavy (non-hydrogen) atoms. The number of carbonyl (C=O) groups is 1. The van der Waals surface area contributed by atoms with Gasteiger partial charge in [0.05, 0.1) is 11.3 Å². The lowest BCUT2D eigenvalue weighted by Crippen LogP contribution is -2.25. The maximum absolute atomic E-state index is 12.1. The van der Waals surface area contributed by atoms with Crippen LogP contribution in [0.5, 0.6) is 0 Å². The van der Waals surface area contributed by atoms with Gasteiger partial charge in [-0.1, -0.05) is 6.07 Å². The summed E-state index contributed by atoms with van der Waals surface area (Å²) >= 11 is 0. The minimum absolute atomic E-state index is 0.0202. The predicted octanol–water partition coefficient (Wildman–Crippen LogP) is 0.844. The number of hydrogen-bond acceptors (Lipinski definition) is 3. The second-order valence-electron chi connectivity index (χ2n) is 3.61. The molecular formula is C12H11N3O2. The normalized spacial score (nSPS) is 10.2. The molecule has 0 fully saturated rings. The Morgan fingerprint density at radius 1 is 1.41 bits per heavy atom. The molecule has 5 nitrogen and oxygen atoms in total. The third-order valence-electron chi connectivity index (χ3n) is 2.47. The van der Waals surface area contributed by atoms with Gasteiger partial charge in [0.15, 0.2) is 0 Å². The monoisotopic (exact) mass is 229 g/mol. The first-order chi connectivity index (χ1) is 8.11. The van der Waals surface area contributed by atoms with Crippen LogP contribution in [0.3, 0.4) is 0 Å². The Kier molecular flexibility index (Phi) is 2.74. The van der Waals surface area contributed by atoms with E-state index in [1.807, 2.05) is 0 Å². The number of aryl methyl sites for hydroxylation is 1. The van der Waals surface area contributed by atoms with Crippen LogP contribution in [-0.2, 0) is 0 Å². The van der Waals surface area contributed by atoms with Crippen LogP contribution in [0.25, 0.3) is 11.3 Å². The number of hydrogen-bond donors (Lipinski definition) is 2. The van der Waals surface area contributed by atoms with Crippen LogP contribution in [0.2, 0.25) is 0 Å². The molecule has 0 atom stereocenters. The maximum atomic E-state index is 12.1. The van der Waals surface area contributed by atoms with E-state index in [9.17, 15) is 9.59 Å². The molecule has 2 aromatic heterocycles. The number of rotatable bonds is 2. The maximum Gasteiger partial charge on any atom is 0.254 e. The lowest BCUT2D eigenvalue weighted by atomic mass is 10.1. The van der Waals surface area contributed by atoms with Crippen molar-refractivity contribution in [1.29, 1.82) is 0 Å². The number of pyridine rings is 2. The molecule has 2 rings (SSSR count). The first-order valence-corrected chi connectivity index (χ1v) is 5.04. The highest BCUT2D eigenvalue weighted by Crippen LogP contribution is 2.12. The summed E-state index contributed by atoms with van der Waals surface area (Å²) in [6.07, 6.45) is 3.12. The topological polar surface area (TPSA) is 88.8 Å². The smallest absolute Gasteiger partial charge is 0.254 e. The fourth-order valence-corrected chi connectivity index (χ4v) is 1.63. The predicted molar refractivity (Wildman–Crippen MR) is 63.5 cm³/mol. The van der Waals surface area contributed by atoms with E-state index in [0.29, 0.717) is 17.0 Å². The van der Waals surface area contributed by atoms with E-state index in [1.54, 1.807) is 31.3 Å². The Labute approximate surface area is 97.3 Å². The third-order valence-corrected chi connectivity index (χ3v) is 2.47. The highest BCUT2D eigenvalue weighted by atomic mass is 16.2. The summed E-state index contributed by atoms with van der Waals surface area (Å²) in [5.74, 6) is -0.735. The van der Waals surface area contributed by atoms with Gasteiger partial charge in [0.1, 0.15) is 5.56 Å². The van der Waals surface area contributed by atoms with Crippen molar-refractivity contribution in [2.24, 2.45) is 5.73 Å². The average molecular weight is 229 g/mol. The van der Waals surface area contributed by atoms with E-state index in [-0.39, 0.29) is 5.56 Å². The molecule has 0 saturated heterocycles. The zero-order valence-corrected chi connectivity index (χ0v) is 9.23. The summed E-state index contributed by atoms with van der Waals surface area (Å²) in [5.41, 5.74) is 6.08. The zero-order chi connectivity index (χ0) is 12.4. The zero-order valence-electron chi connectivity index (χ0n) is 9.23. The van der Waals surface area contributed by atoms with Crippen molar-refractivity contribution in [3.05, 3.63) is 52.1 Å². The lowest BCUT2D eigenvalue weighted by Gasteiger charge is -2.04. The Balaban J connectivity index is 2.71. The van der Waals surface area contributed by atoms with Crippen molar-refractivity contribution in [2.75, 3.05) is 0 Å². The van der Waals surface area contributed by atoms with Crippen molar-refractivity contribution in [1.82, 2.24) is 9.97 Å². The van der Waals surface area contributed by atoms with Crippen LogP contribution in [0.4, 0.5) is 0 Å². The summed E-state index contributed by atoms with van der Waals surface area (Å²) in [7, 11) is 0. The van der Waals surface area contributed by atoms with Gasteiger partial charge in [-0.2, -0.15) is 0 Å². The van der Waals surface area contributed by atoms with Gasteiger partial charge in [-0.05, 0) is 19.1 Å². The Morgan fingerprint density at radius 3 is 2.76 bits per heavy atom. The molecule has 2 heterocycles. The summed E-state index contributed by atoms with van der Waals surface area (Å²) in [6, 6.07) is 5.22. The van der Waals surface area contributed by atoms with E-state index >= 15 is 0 Å². The van der Waals surface area contributed by atoms with Crippen LogP contribution in [0.1, 0.15) is 16.1 Å². The van der Waals surface area contributed by atoms with Gasteiger partial charge in [-0.3, -0.25) is 14.6 Å². The molecule has 0 aromatic carbocycles. The molecule has 0 aliphatic rings. The highest BCUT2D eigenvalue weighted by molar-refractivity contribution is 5.94. The minimum Gasteiger partial charge on any atom is -0.365 e. The number of amides is 1. The van der Waals surface area contributed by atoms with Crippen molar-refractivity contribution < 1.29 is 4.79 Å². The minimum atomic E-state index is -0.735. The first kappa shape index (κ1) is 11.1. The van der Waals surface area contributed by atoms with E-state index in [4.69, 9.17) is 5.73 Å². The van der Waals surface area contributed by atoms with E-state index in [1.165, 1.54) is 6.20 Å². The molecule has 0 bridgehead atoms. The number of carbonyl (C=O) groups excluding carboxylic acids is 1. The standard InChI is InChI=1S/C12H11N3O2/c1-7-10(12(13)17)11(16)8(6-15-7)9-4-2-3-5-14-9/h2-6H,1H3,(H2,13,17)(H,15,16). The summed E-state index contributed by atoms with van der Waals surface area (Å²) < 4.78 is 0. The molecular weight excluding hydrogens is 218 g/mol.